The number of rotatable bonds is 3. The summed E-state index contributed by atoms with van der Waals surface area (Å²) in [6, 6.07) is 0.109. The van der Waals surface area contributed by atoms with Crippen molar-refractivity contribution < 1.29 is 14.6 Å². The average molecular weight is 215 g/mol. The van der Waals surface area contributed by atoms with Crippen LogP contribution in [0.3, 0.4) is 0 Å². The van der Waals surface area contributed by atoms with Crippen LogP contribution in [0.2, 0.25) is 0 Å². The monoisotopic (exact) mass is 215 g/mol. The number of methoxy groups -OCH3 is 1. The zero-order chi connectivity index (χ0) is 11.4. The van der Waals surface area contributed by atoms with Gasteiger partial charge in [-0.15, -0.1) is 0 Å². The average Bonchev–Trinajstić information content (AvgIpc) is 2.27. The fourth-order valence-electron chi connectivity index (χ4n) is 2.04. The van der Waals surface area contributed by atoms with E-state index in [4.69, 9.17) is 4.74 Å². The number of hydrogen-bond acceptors (Lipinski definition) is 4. The zero-order valence-electron chi connectivity index (χ0n) is 9.77. The summed E-state index contributed by atoms with van der Waals surface area (Å²) in [4.78, 5) is 13.6. The van der Waals surface area contributed by atoms with Gasteiger partial charge in [-0.25, -0.2) is 0 Å². The second-order valence-electron chi connectivity index (χ2n) is 4.34. The van der Waals surface area contributed by atoms with Crippen LogP contribution in [0.5, 0.6) is 0 Å². The summed E-state index contributed by atoms with van der Waals surface area (Å²) in [6.45, 7) is 5.44. The molecule has 1 rings (SSSR count). The van der Waals surface area contributed by atoms with E-state index in [9.17, 15) is 9.90 Å². The fourth-order valence-corrected chi connectivity index (χ4v) is 2.04. The molecule has 0 aliphatic carbocycles. The minimum atomic E-state index is -0.360. The number of ether oxygens (including phenoxy) is 1. The number of carbonyl (C=O) groups excluding carboxylic acids is 1. The van der Waals surface area contributed by atoms with Crippen LogP contribution < -0.4 is 0 Å². The number of hydrogen-bond donors (Lipinski definition) is 1. The summed E-state index contributed by atoms with van der Waals surface area (Å²) >= 11 is 0. The van der Waals surface area contributed by atoms with E-state index in [0.29, 0.717) is 6.54 Å². The Morgan fingerprint density at radius 1 is 1.53 bits per heavy atom. The molecule has 4 nitrogen and oxygen atoms in total. The molecular weight excluding hydrogens is 194 g/mol. The van der Waals surface area contributed by atoms with Crippen molar-refractivity contribution in [2.24, 2.45) is 5.92 Å². The van der Waals surface area contributed by atoms with Gasteiger partial charge in [0.1, 0.15) is 0 Å². The molecule has 1 aliphatic heterocycles. The number of likely N-dealkylation sites (tertiary alicyclic amines) is 1. The fraction of sp³-hybridized carbons (Fsp3) is 0.909. The molecule has 15 heavy (non-hydrogen) atoms. The Bertz CT molecular complexity index is 218. The van der Waals surface area contributed by atoms with E-state index in [2.05, 4.69) is 4.90 Å². The molecule has 0 aromatic carbocycles. The van der Waals surface area contributed by atoms with Crippen LogP contribution in [0.1, 0.15) is 26.7 Å². The molecule has 4 heteroatoms. The molecule has 0 aromatic heterocycles. The second-order valence-corrected chi connectivity index (χ2v) is 4.34. The van der Waals surface area contributed by atoms with E-state index in [1.165, 1.54) is 7.11 Å². The van der Waals surface area contributed by atoms with Crippen molar-refractivity contribution in [3.63, 3.8) is 0 Å². The van der Waals surface area contributed by atoms with E-state index in [1.807, 2.05) is 6.92 Å². The Labute approximate surface area is 91.2 Å². The lowest BCUT2D eigenvalue weighted by atomic mass is 9.96. The lowest BCUT2D eigenvalue weighted by Gasteiger charge is -2.36. The van der Waals surface area contributed by atoms with Crippen LogP contribution >= 0.6 is 0 Å². The third-order valence-corrected chi connectivity index (χ3v) is 3.26. The molecule has 1 heterocycles. The van der Waals surface area contributed by atoms with Crippen LogP contribution in [0.4, 0.5) is 0 Å². The highest BCUT2D eigenvalue weighted by Gasteiger charge is 2.29. The maximum atomic E-state index is 11.4. The smallest absolute Gasteiger partial charge is 0.309 e. The molecule has 1 N–H and O–H groups in total. The van der Waals surface area contributed by atoms with Gasteiger partial charge in [0, 0.05) is 12.6 Å². The standard InChI is InChI=1S/C11H21NO3/c1-8(9(2)13)12-6-4-5-10(7-12)11(14)15-3/h8-10,13H,4-7H2,1-3H3/t8?,9?,10-/m0/s1. The number of nitrogens with zero attached hydrogens (tertiary/aromatic N) is 1. The lowest BCUT2D eigenvalue weighted by molar-refractivity contribution is -0.148. The van der Waals surface area contributed by atoms with Crippen molar-refractivity contribution in [3.05, 3.63) is 0 Å². The summed E-state index contributed by atoms with van der Waals surface area (Å²) in [5.41, 5.74) is 0. The van der Waals surface area contributed by atoms with Gasteiger partial charge in [0.2, 0.25) is 0 Å². The van der Waals surface area contributed by atoms with Crippen LogP contribution in [-0.4, -0.2) is 48.3 Å². The molecule has 0 spiro atoms. The first kappa shape index (κ1) is 12.5. The SMILES string of the molecule is COC(=O)[C@H]1CCCN(C(C)C(C)O)C1. The van der Waals surface area contributed by atoms with Gasteiger partial charge in [-0.1, -0.05) is 0 Å². The molecular formula is C11H21NO3. The molecule has 3 atom stereocenters. The Balaban J connectivity index is 2.52. The van der Waals surface area contributed by atoms with E-state index < -0.39 is 0 Å². The Morgan fingerprint density at radius 2 is 2.20 bits per heavy atom. The van der Waals surface area contributed by atoms with Crippen LogP contribution in [0.25, 0.3) is 0 Å². The minimum absolute atomic E-state index is 0.0232. The van der Waals surface area contributed by atoms with Crippen molar-refractivity contribution in [2.75, 3.05) is 20.2 Å². The number of piperidine rings is 1. The van der Waals surface area contributed by atoms with Gasteiger partial charge in [-0.2, -0.15) is 0 Å². The molecule has 0 bridgehead atoms. The van der Waals surface area contributed by atoms with Gasteiger partial charge in [-0.3, -0.25) is 9.69 Å². The minimum Gasteiger partial charge on any atom is -0.469 e. The first-order valence-electron chi connectivity index (χ1n) is 5.56. The largest absolute Gasteiger partial charge is 0.469 e. The van der Waals surface area contributed by atoms with Gasteiger partial charge >= 0.3 is 5.97 Å². The molecule has 1 fully saturated rings. The first-order chi connectivity index (χ1) is 7.06. The number of esters is 1. The van der Waals surface area contributed by atoms with Crippen molar-refractivity contribution in [3.8, 4) is 0 Å². The Kier molecular flexibility index (Phi) is 4.54. The van der Waals surface area contributed by atoms with Crippen molar-refractivity contribution >= 4 is 5.97 Å². The predicted octanol–water partition coefficient (Wildman–Crippen LogP) is 0.641. The number of aliphatic hydroxyl groups is 1. The molecule has 1 saturated heterocycles. The highest BCUT2D eigenvalue weighted by atomic mass is 16.5. The topological polar surface area (TPSA) is 49.8 Å². The van der Waals surface area contributed by atoms with Crippen molar-refractivity contribution in [1.82, 2.24) is 4.90 Å². The van der Waals surface area contributed by atoms with Gasteiger partial charge in [0.05, 0.1) is 19.1 Å². The Morgan fingerprint density at radius 3 is 2.73 bits per heavy atom. The summed E-state index contributed by atoms with van der Waals surface area (Å²) in [5, 5.41) is 9.50. The van der Waals surface area contributed by atoms with Crippen LogP contribution in [0, 0.1) is 5.92 Å². The summed E-state index contributed by atoms with van der Waals surface area (Å²) in [7, 11) is 1.43. The molecule has 0 radical (unpaired) electrons. The van der Waals surface area contributed by atoms with Gasteiger partial charge < -0.3 is 9.84 Å². The highest BCUT2D eigenvalue weighted by molar-refractivity contribution is 5.72. The van der Waals surface area contributed by atoms with Crippen molar-refractivity contribution in [2.45, 2.75) is 38.8 Å². The highest BCUT2D eigenvalue weighted by Crippen LogP contribution is 2.20. The number of carbonyl (C=O) groups is 1. The van der Waals surface area contributed by atoms with Gasteiger partial charge in [0.15, 0.2) is 0 Å². The maximum Gasteiger partial charge on any atom is 0.309 e. The van der Waals surface area contributed by atoms with Gasteiger partial charge in [-0.05, 0) is 33.2 Å². The van der Waals surface area contributed by atoms with Gasteiger partial charge in [0.25, 0.3) is 0 Å². The third-order valence-electron chi connectivity index (χ3n) is 3.26. The molecule has 0 amide bonds. The second kappa shape index (κ2) is 5.47. The molecule has 0 aromatic rings. The van der Waals surface area contributed by atoms with E-state index in [-0.39, 0.29) is 24.0 Å². The van der Waals surface area contributed by atoms with Crippen molar-refractivity contribution in [1.29, 1.82) is 0 Å². The van der Waals surface area contributed by atoms with E-state index in [0.717, 1.165) is 19.4 Å². The van der Waals surface area contributed by atoms with E-state index in [1.54, 1.807) is 6.92 Å². The predicted molar refractivity (Wildman–Crippen MR) is 57.5 cm³/mol. The zero-order valence-corrected chi connectivity index (χ0v) is 9.77. The lowest BCUT2D eigenvalue weighted by Crippen LogP contribution is -2.47. The first-order valence-corrected chi connectivity index (χ1v) is 5.56. The molecule has 2 unspecified atom stereocenters. The molecule has 1 aliphatic rings. The summed E-state index contributed by atoms with van der Waals surface area (Å²) in [5.74, 6) is -0.151. The normalized spacial score (nSPS) is 27.1. The Hall–Kier alpha value is -0.610. The maximum absolute atomic E-state index is 11.4. The van der Waals surface area contributed by atoms with Crippen LogP contribution in [-0.2, 0) is 9.53 Å². The third kappa shape index (κ3) is 3.18. The summed E-state index contributed by atoms with van der Waals surface area (Å²) < 4.78 is 4.75. The van der Waals surface area contributed by atoms with E-state index >= 15 is 0 Å². The molecule has 0 saturated carbocycles. The van der Waals surface area contributed by atoms with Crippen LogP contribution in [0.15, 0.2) is 0 Å². The number of aliphatic hydroxyl groups excluding tert-OH is 1. The molecule has 88 valence electrons. The summed E-state index contributed by atoms with van der Waals surface area (Å²) in [6.07, 6.45) is 1.54. The quantitative estimate of drug-likeness (QED) is 0.702.